The van der Waals surface area contributed by atoms with Gasteiger partial charge < -0.3 is 21.9 Å². The van der Waals surface area contributed by atoms with Gasteiger partial charge in [-0.15, -0.1) is 0 Å². The molecule has 0 amide bonds. The van der Waals surface area contributed by atoms with Crippen molar-refractivity contribution in [2.45, 2.75) is 0 Å². The number of amidine groups is 1. The fourth-order valence-corrected chi connectivity index (χ4v) is 2.76. The molecule has 0 aromatic heterocycles. The summed E-state index contributed by atoms with van der Waals surface area (Å²) in [7, 11) is 0. The van der Waals surface area contributed by atoms with Gasteiger partial charge in [-0.2, -0.15) is 3.21 Å². The maximum absolute atomic E-state index is 12.3. The molecule has 0 bridgehead atoms. The predicted octanol–water partition coefficient (Wildman–Crippen LogP) is 3.02. The topological polar surface area (TPSA) is 129 Å². The van der Waals surface area contributed by atoms with E-state index in [4.69, 9.17) is 21.9 Å². The summed E-state index contributed by atoms with van der Waals surface area (Å²) in [5, 5.41) is 1.89. The third kappa shape index (κ3) is 4.53. The van der Waals surface area contributed by atoms with E-state index in [0.717, 1.165) is 16.3 Å². The van der Waals surface area contributed by atoms with E-state index in [1.54, 1.807) is 36.4 Å². The van der Waals surface area contributed by atoms with Crippen LogP contribution in [0.3, 0.4) is 0 Å². The molecule has 0 aliphatic rings. The van der Waals surface area contributed by atoms with E-state index in [9.17, 15) is 4.79 Å². The molecule has 0 saturated carbocycles. The Morgan fingerprint density at radius 1 is 0.852 bits per heavy atom. The van der Waals surface area contributed by atoms with Gasteiger partial charge in [-0.25, -0.2) is 9.79 Å². The summed E-state index contributed by atoms with van der Waals surface area (Å²) >= 11 is 1.86. The number of ether oxygens (including phenoxy) is 1. The van der Waals surface area contributed by atoms with Crippen LogP contribution < -0.4 is 21.9 Å². The Morgan fingerprint density at radius 2 is 1.48 bits per heavy atom. The summed E-state index contributed by atoms with van der Waals surface area (Å²) in [6.07, 6.45) is 0. The van der Waals surface area contributed by atoms with Crippen LogP contribution in [0.1, 0.15) is 15.9 Å². The summed E-state index contributed by atoms with van der Waals surface area (Å²) in [6, 6.07) is 17.6. The van der Waals surface area contributed by atoms with E-state index in [1.807, 2.05) is 47.1 Å². The maximum Gasteiger partial charge on any atom is 0.343 e. The second-order valence-corrected chi connectivity index (χ2v) is 6.15. The first kappa shape index (κ1) is 18.6. The number of nitrogens with zero attached hydrogens (tertiary/aromatic N) is 2. The number of guanidine groups is 1. The first-order valence-corrected chi connectivity index (χ1v) is 8.83. The predicted molar refractivity (Wildman–Crippen MR) is 116 cm³/mol. The van der Waals surface area contributed by atoms with Gasteiger partial charge in [0.05, 0.1) is 34.1 Å². The number of halogens is 1. The first-order chi connectivity index (χ1) is 13.0. The summed E-state index contributed by atoms with van der Waals surface area (Å²) in [4.78, 5) is 16.2. The van der Waals surface area contributed by atoms with Crippen LogP contribution in [-0.2, 0) is 0 Å². The molecule has 136 valence electrons. The van der Waals surface area contributed by atoms with Crippen LogP contribution in [0, 0.1) is 0 Å². The lowest BCUT2D eigenvalue weighted by Crippen LogP contribution is -2.21. The number of rotatable bonds is 4. The second-order valence-electron chi connectivity index (χ2n) is 5.67. The van der Waals surface area contributed by atoms with Crippen molar-refractivity contribution in [2.24, 2.45) is 25.4 Å². The number of benzene rings is 3. The van der Waals surface area contributed by atoms with Crippen molar-refractivity contribution in [3.8, 4) is 5.75 Å². The van der Waals surface area contributed by atoms with Crippen molar-refractivity contribution < 1.29 is 9.53 Å². The highest BCUT2D eigenvalue weighted by Crippen LogP contribution is 2.23. The molecule has 0 atom stereocenters. The van der Waals surface area contributed by atoms with E-state index in [1.165, 1.54) is 0 Å². The fraction of sp³-hybridized carbons (Fsp3) is 0. The Morgan fingerprint density at radius 3 is 2.15 bits per heavy atom. The highest BCUT2D eigenvalue weighted by molar-refractivity contribution is 14.1. The minimum Gasteiger partial charge on any atom is -0.423 e. The molecule has 0 aliphatic heterocycles. The smallest absolute Gasteiger partial charge is 0.343 e. The maximum atomic E-state index is 12.3. The third-order valence-corrected chi connectivity index (χ3v) is 4.29. The fourth-order valence-electron chi connectivity index (χ4n) is 2.48. The Balaban J connectivity index is 1.79. The zero-order valence-corrected chi connectivity index (χ0v) is 16.3. The van der Waals surface area contributed by atoms with Gasteiger partial charge in [0.1, 0.15) is 11.6 Å². The van der Waals surface area contributed by atoms with E-state index in [0.29, 0.717) is 22.8 Å². The number of hydrogen-bond acceptors (Lipinski definition) is 4. The zero-order valence-electron chi connectivity index (χ0n) is 14.1. The molecule has 3 aromatic carbocycles. The number of hydrogen-bond donors (Lipinski definition) is 3. The van der Waals surface area contributed by atoms with Crippen LogP contribution in [0.2, 0.25) is 0 Å². The molecule has 0 spiro atoms. The second kappa shape index (κ2) is 8.04. The molecular weight excluding hydrogens is 457 g/mol. The molecule has 3 aromatic rings. The number of esters is 1. The van der Waals surface area contributed by atoms with Gasteiger partial charge in [0.25, 0.3) is 0 Å². The Bertz CT molecular complexity index is 1060. The average molecular weight is 473 g/mol. The molecule has 0 fully saturated rings. The SMILES string of the molecule is NC(N)=Nc1ccc(C(=O)Oc2ccc3cc(C(N)=NI)ccc3c2)cc1. The number of carbonyl (C=O) groups is 1. The van der Waals surface area contributed by atoms with E-state index in [2.05, 4.69) is 8.20 Å². The highest BCUT2D eigenvalue weighted by atomic mass is 127. The lowest BCUT2D eigenvalue weighted by atomic mass is 10.1. The lowest BCUT2D eigenvalue weighted by Gasteiger charge is -2.07. The van der Waals surface area contributed by atoms with Gasteiger partial charge in [0.2, 0.25) is 0 Å². The summed E-state index contributed by atoms with van der Waals surface area (Å²) in [5.41, 5.74) is 18.3. The minimum atomic E-state index is -0.469. The van der Waals surface area contributed by atoms with Crippen molar-refractivity contribution in [3.05, 3.63) is 71.8 Å². The Labute approximate surface area is 169 Å². The van der Waals surface area contributed by atoms with Crippen LogP contribution in [0.4, 0.5) is 5.69 Å². The molecule has 0 heterocycles. The van der Waals surface area contributed by atoms with Crippen molar-refractivity contribution in [3.63, 3.8) is 0 Å². The Hall–Kier alpha value is -3.14. The van der Waals surface area contributed by atoms with Crippen LogP contribution >= 0.6 is 22.9 Å². The number of fused-ring (bicyclic) bond motifs is 1. The molecule has 7 nitrogen and oxygen atoms in total. The first-order valence-electron chi connectivity index (χ1n) is 7.87. The van der Waals surface area contributed by atoms with Crippen LogP contribution in [0.25, 0.3) is 10.8 Å². The molecular formula is C19H16IN5O2. The van der Waals surface area contributed by atoms with Gasteiger partial charge in [-0.3, -0.25) is 0 Å². The van der Waals surface area contributed by atoms with E-state index >= 15 is 0 Å². The van der Waals surface area contributed by atoms with Gasteiger partial charge in [0.15, 0.2) is 5.96 Å². The number of carbonyl (C=O) groups excluding carboxylic acids is 1. The molecule has 0 radical (unpaired) electrons. The normalized spacial score (nSPS) is 11.2. The zero-order chi connectivity index (χ0) is 19.4. The van der Waals surface area contributed by atoms with Crippen LogP contribution in [-0.4, -0.2) is 17.8 Å². The lowest BCUT2D eigenvalue weighted by molar-refractivity contribution is 0.0735. The average Bonchev–Trinajstić information content (AvgIpc) is 2.67. The molecule has 27 heavy (non-hydrogen) atoms. The monoisotopic (exact) mass is 473 g/mol. The summed E-state index contributed by atoms with van der Waals surface area (Å²) in [6.45, 7) is 0. The quantitative estimate of drug-likeness (QED) is 0.176. The van der Waals surface area contributed by atoms with Gasteiger partial charge in [-0.05, 0) is 53.2 Å². The minimum absolute atomic E-state index is 0.0452. The van der Waals surface area contributed by atoms with Crippen LogP contribution in [0.5, 0.6) is 5.75 Å². The molecule has 0 saturated heterocycles. The van der Waals surface area contributed by atoms with Crippen molar-refractivity contribution in [1.29, 1.82) is 0 Å². The van der Waals surface area contributed by atoms with Crippen LogP contribution in [0.15, 0.2) is 68.9 Å². The van der Waals surface area contributed by atoms with Gasteiger partial charge >= 0.3 is 5.97 Å². The molecule has 3 rings (SSSR count). The molecule has 0 aliphatic carbocycles. The Kier molecular flexibility index (Phi) is 5.55. The largest absolute Gasteiger partial charge is 0.423 e. The summed E-state index contributed by atoms with van der Waals surface area (Å²) in [5.74, 6) is 0.390. The molecule has 6 N–H and O–H groups in total. The summed E-state index contributed by atoms with van der Waals surface area (Å²) < 4.78 is 9.41. The van der Waals surface area contributed by atoms with Gasteiger partial charge in [0, 0.05) is 5.56 Å². The molecule has 0 unspecified atom stereocenters. The van der Waals surface area contributed by atoms with E-state index < -0.39 is 5.97 Å². The van der Waals surface area contributed by atoms with Crippen molar-refractivity contribution in [2.75, 3.05) is 0 Å². The third-order valence-electron chi connectivity index (χ3n) is 3.77. The standard InChI is InChI=1S/C19H16IN5O2/c20-25-17(21)14-2-1-13-10-16(8-5-12(13)9-14)27-18(26)11-3-6-15(7-4-11)24-19(22)23/h1-10H,(H2,21,25)(H4,22,23,24). The number of aliphatic imine (C=N–C) groups is 1. The van der Waals surface area contributed by atoms with Crippen molar-refractivity contribution >= 4 is 57.1 Å². The molecule has 8 heteroatoms. The van der Waals surface area contributed by atoms with E-state index in [-0.39, 0.29) is 5.96 Å². The highest BCUT2D eigenvalue weighted by Gasteiger charge is 2.09. The van der Waals surface area contributed by atoms with Gasteiger partial charge in [-0.1, -0.05) is 18.2 Å². The van der Waals surface area contributed by atoms with Crippen molar-refractivity contribution in [1.82, 2.24) is 0 Å². The number of nitrogens with two attached hydrogens (primary N) is 3.